The minimum absolute atomic E-state index is 0.0453. The Bertz CT molecular complexity index is 2370. The zero-order chi connectivity index (χ0) is 30.5. The summed E-state index contributed by atoms with van der Waals surface area (Å²) in [5.74, 6) is 0.162. The van der Waals surface area contributed by atoms with E-state index in [1.807, 2.05) is 36.4 Å². The molecule has 10 nitrogen and oxygen atoms in total. The molecular formula is C33H23FN6O4. The predicted molar refractivity (Wildman–Crippen MR) is 161 cm³/mol. The number of aromatic nitrogens is 6. The Morgan fingerprint density at radius 3 is 2.45 bits per heavy atom. The van der Waals surface area contributed by atoms with Crippen LogP contribution in [0.2, 0.25) is 0 Å². The second-order valence-electron chi connectivity index (χ2n) is 10.4. The lowest BCUT2D eigenvalue weighted by molar-refractivity contribution is 0.102. The van der Waals surface area contributed by atoms with Gasteiger partial charge in [0.25, 0.3) is 5.56 Å². The van der Waals surface area contributed by atoms with Crippen molar-refractivity contribution in [2.75, 3.05) is 0 Å². The quantitative estimate of drug-likeness (QED) is 0.257. The van der Waals surface area contributed by atoms with Crippen LogP contribution in [0.5, 0.6) is 0 Å². The molecule has 0 aliphatic carbocycles. The molecule has 0 aliphatic heterocycles. The molecule has 4 aromatic heterocycles. The zero-order valence-electron chi connectivity index (χ0n) is 23.6. The van der Waals surface area contributed by atoms with Crippen molar-refractivity contribution in [1.82, 2.24) is 28.7 Å². The van der Waals surface area contributed by atoms with Crippen LogP contribution in [0, 0.1) is 12.7 Å². The summed E-state index contributed by atoms with van der Waals surface area (Å²) in [5.41, 5.74) is 2.89. The number of imidazole rings is 1. The molecule has 3 aromatic carbocycles. The van der Waals surface area contributed by atoms with Gasteiger partial charge in [0.15, 0.2) is 5.82 Å². The fourth-order valence-electron chi connectivity index (χ4n) is 5.32. The van der Waals surface area contributed by atoms with Gasteiger partial charge in [-0.05, 0) is 60.2 Å². The maximum atomic E-state index is 14.0. The molecule has 0 fully saturated rings. The van der Waals surface area contributed by atoms with Crippen LogP contribution >= 0.6 is 0 Å². The van der Waals surface area contributed by atoms with E-state index in [9.17, 15) is 18.8 Å². The Morgan fingerprint density at radius 1 is 0.886 bits per heavy atom. The summed E-state index contributed by atoms with van der Waals surface area (Å²) in [6, 6.07) is 23.2. The average molecular weight is 587 g/mol. The molecule has 0 spiro atoms. The van der Waals surface area contributed by atoms with Crippen LogP contribution in [0.4, 0.5) is 4.39 Å². The third-order valence-electron chi connectivity index (χ3n) is 7.53. The van der Waals surface area contributed by atoms with Gasteiger partial charge in [0, 0.05) is 36.9 Å². The number of carbonyl (C=O) groups excluding carboxylic acids is 1. The molecule has 0 N–H and O–H groups in total. The third-order valence-corrected chi connectivity index (χ3v) is 7.53. The SMILES string of the molecule is Cc1nnc(-c2cccc(-c3nc(C(=O)c4ccc5c(c4)c(=O)n(Cc4ccc(F)cc4)c(=O)n5C)n4ccccc34)c2)o1. The highest BCUT2D eigenvalue weighted by molar-refractivity contribution is 6.09. The van der Waals surface area contributed by atoms with Gasteiger partial charge >= 0.3 is 5.69 Å². The van der Waals surface area contributed by atoms with Gasteiger partial charge in [-0.15, -0.1) is 10.2 Å². The minimum atomic E-state index is -0.552. The number of rotatable bonds is 6. The number of halogens is 1. The predicted octanol–water partition coefficient (Wildman–Crippen LogP) is 4.79. The fraction of sp³-hybridized carbons (Fsp3) is 0.0909. The molecule has 0 atom stereocenters. The molecule has 4 heterocycles. The Balaban J connectivity index is 1.33. The summed E-state index contributed by atoms with van der Waals surface area (Å²) in [6.45, 7) is 1.67. The lowest BCUT2D eigenvalue weighted by Gasteiger charge is -2.12. The van der Waals surface area contributed by atoms with Gasteiger partial charge in [0.05, 0.1) is 28.7 Å². The van der Waals surface area contributed by atoms with Crippen molar-refractivity contribution in [3.05, 3.63) is 141 Å². The molecule has 0 amide bonds. The van der Waals surface area contributed by atoms with Crippen LogP contribution in [0.25, 0.3) is 39.1 Å². The number of pyridine rings is 1. The Morgan fingerprint density at radius 2 is 1.68 bits per heavy atom. The first-order valence-corrected chi connectivity index (χ1v) is 13.7. The van der Waals surface area contributed by atoms with Crippen LogP contribution in [-0.4, -0.2) is 34.5 Å². The molecule has 44 heavy (non-hydrogen) atoms. The van der Waals surface area contributed by atoms with Gasteiger partial charge < -0.3 is 4.42 Å². The van der Waals surface area contributed by atoms with Crippen molar-refractivity contribution in [2.45, 2.75) is 13.5 Å². The minimum Gasteiger partial charge on any atom is -0.421 e. The van der Waals surface area contributed by atoms with Gasteiger partial charge in [-0.25, -0.2) is 14.2 Å². The standard InChI is InChI=1S/C33H23FN6O4/c1-19-36-37-31(44-19)23-7-5-6-21(16-23)28-27-8-3-4-15-39(27)30(35-28)29(41)22-11-14-26-25(17-22)32(42)40(33(43)38(26)2)18-20-9-12-24(34)13-10-20/h3-17H,18H2,1-2H3. The van der Waals surface area contributed by atoms with E-state index in [-0.39, 0.29) is 23.3 Å². The third kappa shape index (κ3) is 4.51. The molecule has 0 saturated carbocycles. The molecule has 0 radical (unpaired) electrons. The molecule has 7 aromatic rings. The molecule has 216 valence electrons. The number of benzene rings is 3. The number of nitrogens with zero attached hydrogens (tertiary/aromatic N) is 6. The number of fused-ring (bicyclic) bond motifs is 2. The van der Waals surface area contributed by atoms with Crippen molar-refractivity contribution < 1.29 is 13.6 Å². The smallest absolute Gasteiger partial charge is 0.331 e. The number of hydrogen-bond donors (Lipinski definition) is 0. The highest BCUT2D eigenvalue weighted by Crippen LogP contribution is 2.30. The van der Waals surface area contributed by atoms with Crippen molar-refractivity contribution in [2.24, 2.45) is 7.05 Å². The summed E-state index contributed by atoms with van der Waals surface area (Å²) in [7, 11) is 1.56. The maximum Gasteiger partial charge on any atom is 0.331 e. The van der Waals surface area contributed by atoms with Crippen molar-refractivity contribution >= 4 is 22.2 Å². The Labute approximate surface area is 248 Å². The van der Waals surface area contributed by atoms with Gasteiger partial charge in [0.2, 0.25) is 17.6 Å². The van der Waals surface area contributed by atoms with Crippen LogP contribution in [0.3, 0.4) is 0 Å². The van der Waals surface area contributed by atoms with E-state index in [0.717, 1.165) is 10.1 Å². The summed E-state index contributed by atoms with van der Waals surface area (Å²) in [4.78, 5) is 45.4. The number of carbonyl (C=O) groups is 1. The lowest BCUT2D eigenvalue weighted by Crippen LogP contribution is -2.39. The van der Waals surface area contributed by atoms with Crippen LogP contribution in [-0.2, 0) is 13.6 Å². The van der Waals surface area contributed by atoms with Gasteiger partial charge in [-0.3, -0.25) is 23.1 Å². The van der Waals surface area contributed by atoms with Crippen molar-refractivity contribution in [3.8, 4) is 22.7 Å². The number of hydrogen-bond acceptors (Lipinski definition) is 7. The summed E-state index contributed by atoms with van der Waals surface area (Å²) in [6.07, 6.45) is 1.75. The molecule has 0 aliphatic rings. The Kier molecular flexibility index (Phi) is 6.35. The van der Waals surface area contributed by atoms with Crippen LogP contribution < -0.4 is 11.2 Å². The number of ketones is 1. The van der Waals surface area contributed by atoms with E-state index < -0.39 is 22.8 Å². The lowest BCUT2D eigenvalue weighted by atomic mass is 10.1. The first-order chi connectivity index (χ1) is 21.3. The average Bonchev–Trinajstić information content (AvgIpc) is 3.66. The van der Waals surface area contributed by atoms with E-state index in [0.29, 0.717) is 39.6 Å². The highest BCUT2D eigenvalue weighted by Gasteiger charge is 2.22. The largest absolute Gasteiger partial charge is 0.421 e. The van der Waals surface area contributed by atoms with E-state index in [2.05, 4.69) is 10.2 Å². The normalized spacial score (nSPS) is 11.4. The second-order valence-corrected chi connectivity index (χ2v) is 10.4. The molecule has 0 saturated heterocycles. The molecular weight excluding hydrogens is 563 g/mol. The van der Waals surface area contributed by atoms with E-state index in [1.54, 1.807) is 42.8 Å². The first kappa shape index (κ1) is 26.9. The van der Waals surface area contributed by atoms with E-state index in [1.165, 1.54) is 34.9 Å². The summed E-state index contributed by atoms with van der Waals surface area (Å²) < 4.78 is 23.1. The fourth-order valence-corrected chi connectivity index (χ4v) is 5.32. The monoisotopic (exact) mass is 586 g/mol. The molecule has 0 unspecified atom stereocenters. The summed E-state index contributed by atoms with van der Waals surface area (Å²) in [5, 5.41) is 8.21. The van der Waals surface area contributed by atoms with Crippen molar-refractivity contribution in [1.29, 1.82) is 0 Å². The highest BCUT2D eigenvalue weighted by atomic mass is 19.1. The van der Waals surface area contributed by atoms with Gasteiger partial charge in [-0.2, -0.15) is 0 Å². The maximum absolute atomic E-state index is 14.0. The van der Waals surface area contributed by atoms with Gasteiger partial charge in [0.1, 0.15) is 5.82 Å². The van der Waals surface area contributed by atoms with E-state index >= 15 is 0 Å². The number of aryl methyl sites for hydroxylation is 2. The topological polar surface area (TPSA) is 117 Å². The molecule has 0 bridgehead atoms. The van der Waals surface area contributed by atoms with E-state index in [4.69, 9.17) is 9.40 Å². The first-order valence-electron chi connectivity index (χ1n) is 13.7. The van der Waals surface area contributed by atoms with Crippen LogP contribution in [0.15, 0.2) is 105 Å². The zero-order valence-corrected chi connectivity index (χ0v) is 23.6. The Hall–Kier alpha value is -5.97. The molecule has 11 heteroatoms. The molecule has 7 rings (SSSR count). The van der Waals surface area contributed by atoms with Crippen LogP contribution in [0.1, 0.15) is 27.6 Å². The van der Waals surface area contributed by atoms with Crippen molar-refractivity contribution in [3.63, 3.8) is 0 Å². The van der Waals surface area contributed by atoms with Gasteiger partial charge in [-0.1, -0.05) is 30.3 Å². The second kappa shape index (κ2) is 10.4. The summed E-state index contributed by atoms with van der Waals surface area (Å²) >= 11 is 0.